The van der Waals surface area contributed by atoms with E-state index in [4.69, 9.17) is 4.74 Å². The number of methoxy groups -OCH3 is 1. The van der Waals surface area contributed by atoms with E-state index in [-0.39, 0.29) is 6.61 Å². The highest BCUT2D eigenvalue weighted by atomic mass is 16.6. The van der Waals surface area contributed by atoms with Crippen LogP contribution in [0, 0.1) is 13.8 Å². The van der Waals surface area contributed by atoms with Crippen molar-refractivity contribution in [2.45, 2.75) is 13.8 Å². The van der Waals surface area contributed by atoms with Gasteiger partial charge in [0.2, 0.25) is 0 Å². The van der Waals surface area contributed by atoms with Crippen LogP contribution in [0.4, 0.5) is 0 Å². The highest BCUT2D eigenvalue weighted by Crippen LogP contribution is 2.13. The molecule has 0 bridgehead atoms. The van der Waals surface area contributed by atoms with Crippen molar-refractivity contribution in [2.75, 3.05) is 13.7 Å². The van der Waals surface area contributed by atoms with Gasteiger partial charge in [0.05, 0.1) is 7.11 Å². The monoisotopic (exact) mass is 195 g/mol. The first-order valence-electron chi connectivity index (χ1n) is 4.26. The molecule has 1 rings (SSSR count). The van der Waals surface area contributed by atoms with E-state index in [1.807, 2.05) is 13.8 Å². The molecule has 0 saturated carbocycles. The number of carbonyl (C=O) groups excluding carboxylic acids is 1. The molecule has 1 heterocycles. The Balaban J connectivity index is 2.63. The summed E-state index contributed by atoms with van der Waals surface area (Å²) in [7, 11) is 1.33. The molecule has 4 nitrogen and oxygen atoms in total. The Morgan fingerprint density at radius 3 is 2.43 bits per heavy atom. The normalized spacial score (nSPS) is 9.64. The molecule has 4 heteroatoms. The first-order chi connectivity index (χ1) is 6.61. The third-order valence-electron chi connectivity index (χ3n) is 1.64. The maximum atomic E-state index is 10.8. The van der Waals surface area contributed by atoms with Gasteiger partial charge in [0.25, 0.3) is 0 Å². The van der Waals surface area contributed by atoms with Crippen LogP contribution in [0.5, 0.6) is 5.75 Å². The maximum Gasteiger partial charge on any atom is 0.343 e. The lowest BCUT2D eigenvalue weighted by Crippen LogP contribution is -2.12. The fourth-order valence-corrected chi connectivity index (χ4v) is 1.08. The van der Waals surface area contributed by atoms with Gasteiger partial charge in [0.1, 0.15) is 5.75 Å². The summed E-state index contributed by atoms with van der Waals surface area (Å²) in [5.74, 6) is 0.248. The maximum absolute atomic E-state index is 10.8. The van der Waals surface area contributed by atoms with Gasteiger partial charge in [0, 0.05) is 23.5 Å². The summed E-state index contributed by atoms with van der Waals surface area (Å²) in [5, 5.41) is 0. The van der Waals surface area contributed by atoms with E-state index in [0.29, 0.717) is 5.75 Å². The molecule has 0 amide bonds. The van der Waals surface area contributed by atoms with Crippen molar-refractivity contribution in [3.8, 4) is 5.75 Å². The Bertz CT molecular complexity index is 316. The second-order valence-corrected chi connectivity index (χ2v) is 2.95. The minimum atomic E-state index is -0.392. The lowest BCUT2D eigenvalue weighted by atomic mass is 10.3. The second kappa shape index (κ2) is 4.60. The molecule has 0 unspecified atom stereocenters. The molecule has 0 aliphatic carbocycles. The number of hydrogen-bond acceptors (Lipinski definition) is 4. The summed E-state index contributed by atoms with van der Waals surface area (Å²) >= 11 is 0. The molecule has 1 aromatic heterocycles. The van der Waals surface area contributed by atoms with Crippen LogP contribution < -0.4 is 4.74 Å². The van der Waals surface area contributed by atoms with E-state index < -0.39 is 5.97 Å². The zero-order valence-electron chi connectivity index (χ0n) is 8.53. The van der Waals surface area contributed by atoms with Crippen molar-refractivity contribution in [1.29, 1.82) is 0 Å². The summed E-state index contributed by atoms with van der Waals surface area (Å²) in [5.41, 5.74) is 1.73. The fourth-order valence-electron chi connectivity index (χ4n) is 1.08. The number of rotatable bonds is 3. The van der Waals surface area contributed by atoms with Crippen LogP contribution in [0.3, 0.4) is 0 Å². The van der Waals surface area contributed by atoms with Crippen LogP contribution in [-0.4, -0.2) is 24.7 Å². The van der Waals surface area contributed by atoms with E-state index in [2.05, 4.69) is 9.72 Å². The van der Waals surface area contributed by atoms with Crippen molar-refractivity contribution in [2.24, 2.45) is 0 Å². The SMILES string of the molecule is COC(=O)COc1cc(C)nc(C)c1. The van der Waals surface area contributed by atoms with Gasteiger partial charge in [-0.15, -0.1) is 0 Å². The van der Waals surface area contributed by atoms with Gasteiger partial charge in [-0.05, 0) is 13.8 Å². The van der Waals surface area contributed by atoms with Crippen molar-refractivity contribution >= 4 is 5.97 Å². The average molecular weight is 195 g/mol. The predicted molar refractivity (Wildman–Crippen MR) is 51.2 cm³/mol. The van der Waals surface area contributed by atoms with E-state index in [0.717, 1.165) is 11.4 Å². The number of pyridine rings is 1. The molecule has 0 aliphatic heterocycles. The van der Waals surface area contributed by atoms with Gasteiger partial charge in [-0.3, -0.25) is 4.98 Å². The predicted octanol–water partition coefficient (Wildman–Crippen LogP) is 1.25. The van der Waals surface area contributed by atoms with Gasteiger partial charge in [-0.1, -0.05) is 0 Å². The van der Waals surface area contributed by atoms with Gasteiger partial charge in [-0.25, -0.2) is 4.79 Å². The van der Waals surface area contributed by atoms with Gasteiger partial charge < -0.3 is 9.47 Å². The summed E-state index contributed by atoms with van der Waals surface area (Å²) < 4.78 is 9.66. The highest BCUT2D eigenvalue weighted by Gasteiger charge is 2.02. The fraction of sp³-hybridized carbons (Fsp3) is 0.400. The van der Waals surface area contributed by atoms with Crippen LogP contribution in [0.25, 0.3) is 0 Å². The molecule has 0 radical (unpaired) electrons. The Labute approximate surface area is 82.9 Å². The number of nitrogens with zero attached hydrogens (tertiary/aromatic N) is 1. The van der Waals surface area contributed by atoms with Crippen LogP contribution >= 0.6 is 0 Å². The van der Waals surface area contributed by atoms with Crippen LogP contribution in [-0.2, 0) is 9.53 Å². The molecular weight excluding hydrogens is 182 g/mol. The van der Waals surface area contributed by atoms with E-state index in [1.54, 1.807) is 12.1 Å². The van der Waals surface area contributed by atoms with E-state index >= 15 is 0 Å². The minimum Gasteiger partial charge on any atom is -0.482 e. The number of hydrogen-bond donors (Lipinski definition) is 0. The molecule has 0 fully saturated rings. The number of esters is 1. The van der Waals surface area contributed by atoms with Crippen molar-refractivity contribution < 1.29 is 14.3 Å². The summed E-state index contributed by atoms with van der Waals surface area (Å²) in [6.45, 7) is 3.68. The van der Waals surface area contributed by atoms with Crippen LogP contribution in [0.1, 0.15) is 11.4 Å². The first kappa shape index (κ1) is 10.5. The Kier molecular flexibility index (Phi) is 3.45. The zero-order chi connectivity index (χ0) is 10.6. The highest BCUT2D eigenvalue weighted by molar-refractivity contribution is 5.70. The van der Waals surface area contributed by atoms with Gasteiger partial charge in [-0.2, -0.15) is 0 Å². The Morgan fingerprint density at radius 1 is 1.36 bits per heavy atom. The Morgan fingerprint density at radius 2 is 1.93 bits per heavy atom. The van der Waals surface area contributed by atoms with Gasteiger partial charge in [0.15, 0.2) is 6.61 Å². The summed E-state index contributed by atoms with van der Waals surface area (Å²) in [6, 6.07) is 3.55. The minimum absolute atomic E-state index is 0.0700. The van der Waals surface area contributed by atoms with Crippen LogP contribution in [0.2, 0.25) is 0 Å². The quantitative estimate of drug-likeness (QED) is 0.681. The number of aryl methyl sites for hydroxylation is 2. The lowest BCUT2D eigenvalue weighted by molar-refractivity contribution is -0.142. The number of aromatic nitrogens is 1. The first-order valence-corrected chi connectivity index (χ1v) is 4.26. The lowest BCUT2D eigenvalue weighted by Gasteiger charge is -2.05. The average Bonchev–Trinajstić information content (AvgIpc) is 2.12. The topological polar surface area (TPSA) is 48.4 Å². The molecule has 0 aromatic carbocycles. The molecule has 76 valence electrons. The van der Waals surface area contributed by atoms with Crippen molar-refractivity contribution in [3.63, 3.8) is 0 Å². The molecule has 0 spiro atoms. The molecule has 14 heavy (non-hydrogen) atoms. The molecule has 0 aliphatic rings. The number of carbonyl (C=O) groups is 1. The smallest absolute Gasteiger partial charge is 0.343 e. The van der Waals surface area contributed by atoms with Crippen molar-refractivity contribution in [1.82, 2.24) is 4.98 Å². The standard InChI is InChI=1S/C10H13NO3/c1-7-4-9(5-8(2)11-7)14-6-10(12)13-3/h4-5H,6H2,1-3H3. The largest absolute Gasteiger partial charge is 0.482 e. The zero-order valence-corrected chi connectivity index (χ0v) is 8.53. The van der Waals surface area contributed by atoms with Gasteiger partial charge >= 0.3 is 5.97 Å². The molecule has 0 saturated heterocycles. The third-order valence-corrected chi connectivity index (χ3v) is 1.64. The number of ether oxygens (including phenoxy) is 2. The van der Waals surface area contributed by atoms with E-state index in [9.17, 15) is 4.79 Å². The van der Waals surface area contributed by atoms with E-state index in [1.165, 1.54) is 7.11 Å². The van der Waals surface area contributed by atoms with Crippen LogP contribution in [0.15, 0.2) is 12.1 Å². The molecule has 1 aromatic rings. The van der Waals surface area contributed by atoms with Crippen molar-refractivity contribution in [3.05, 3.63) is 23.5 Å². The molecule has 0 atom stereocenters. The third kappa shape index (κ3) is 3.05. The Hall–Kier alpha value is -1.58. The molecular formula is C10H13NO3. The summed E-state index contributed by atoms with van der Waals surface area (Å²) in [4.78, 5) is 15.0. The second-order valence-electron chi connectivity index (χ2n) is 2.95. The molecule has 0 N–H and O–H groups in total. The summed E-state index contributed by atoms with van der Waals surface area (Å²) in [6.07, 6.45) is 0.